The number of halogens is 1. The van der Waals surface area contributed by atoms with E-state index in [2.05, 4.69) is 5.32 Å². The van der Waals surface area contributed by atoms with Gasteiger partial charge in [0, 0.05) is 12.8 Å². The van der Waals surface area contributed by atoms with Crippen molar-refractivity contribution in [3.63, 3.8) is 0 Å². The van der Waals surface area contributed by atoms with Crippen molar-refractivity contribution in [1.29, 1.82) is 0 Å². The quantitative estimate of drug-likeness (QED) is 0.843. The fraction of sp³-hybridized carbons (Fsp3) is 0.417. The highest BCUT2D eigenvalue weighted by molar-refractivity contribution is 5.95. The van der Waals surface area contributed by atoms with Crippen molar-refractivity contribution >= 4 is 24.0 Å². The molecule has 0 fully saturated rings. The van der Waals surface area contributed by atoms with Crippen LogP contribution < -0.4 is 11.1 Å². The van der Waals surface area contributed by atoms with E-state index in [1.54, 1.807) is 0 Å². The van der Waals surface area contributed by atoms with Gasteiger partial charge in [-0.15, -0.1) is 12.4 Å². The van der Waals surface area contributed by atoms with Gasteiger partial charge >= 0.3 is 0 Å². The molecule has 5 heteroatoms. The van der Waals surface area contributed by atoms with Crippen molar-refractivity contribution in [3.05, 3.63) is 29.8 Å². The van der Waals surface area contributed by atoms with Gasteiger partial charge in [0.25, 0.3) is 0 Å². The summed E-state index contributed by atoms with van der Waals surface area (Å²) in [6.07, 6.45) is 0.871. The summed E-state index contributed by atoms with van der Waals surface area (Å²) >= 11 is 0. The Morgan fingerprint density at radius 3 is 2.71 bits per heavy atom. The molecule has 3 N–H and O–H groups in total. The SMILES string of the molecule is CCc1ccccc1NC(=O)C(N)COC.Cl. The van der Waals surface area contributed by atoms with E-state index in [0.29, 0.717) is 0 Å². The van der Waals surface area contributed by atoms with Crippen LogP contribution in [0.2, 0.25) is 0 Å². The molecule has 0 aliphatic rings. The summed E-state index contributed by atoms with van der Waals surface area (Å²) in [7, 11) is 1.52. The lowest BCUT2D eigenvalue weighted by Gasteiger charge is -2.13. The second-order valence-electron chi connectivity index (χ2n) is 3.56. The number of anilines is 1. The molecular formula is C12H19ClN2O2. The highest BCUT2D eigenvalue weighted by Gasteiger charge is 2.13. The van der Waals surface area contributed by atoms with Crippen LogP contribution in [0.1, 0.15) is 12.5 Å². The summed E-state index contributed by atoms with van der Waals surface area (Å²) < 4.78 is 4.83. The number of rotatable bonds is 5. The fourth-order valence-electron chi connectivity index (χ4n) is 1.43. The molecule has 0 bridgehead atoms. The van der Waals surface area contributed by atoms with Crippen LogP contribution in [0.25, 0.3) is 0 Å². The van der Waals surface area contributed by atoms with Gasteiger partial charge in [0.05, 0.1) is 6.61 Å². The third kappa shape index (κ3) is 4.73. The fourth-order valence-corrected chi connectivity index (χ4v) is 1.43. The molecule has 0 heterocycles. The Labute approximate surface area is 108 Å². The number of nitrogens with one attached hydrogen (secondary N) is 1. The summed E-state index contributed by atoms with van der Waals surface area (Å²) in [4.78, 5) is 11.7. The second kappa shape index (κ2) is 8.06. The summed E-state index contributed by atoms with van der Waals surface area (Å²) in [6.45, 7) is 2.26. The number of carbonyl (C=O) groups excluding carboxylic acids is 1. The lowest BCUT2D eigenvalue weighted by molar-refractivity contribution is -0.118. The first-order valence-electron chi connectivity index (χ1n) is 5.32. The van der Waals surface area contributed by atoms with Gasteiger partial charge in [-0.2, -0.15) is 0 Å². The Balaban J connectivity index is 0.00000256. The first-order valence-corrected chi connectivity index (χ1v) is 5.32. The van der Waals surface area contributed by atoms with Gasteiger partial charge in [-0.25, -0.2) is 0 Å². The molecule has 0 aliphatic heterocycles. The van der Waals surface area contributed by atoms with Crippen LogP contribution in [-0.4, -0.2) is 25.7 Å². The van der Waals surface area contributed by atoms with E-state index in [1.807, 2.05) is 31.2 Å². The molecule has 1 aromatic carbocycles. The van der Waals surface area contributed by atoms with E-state index in [-0.39, 0.29) is 24.9 Å². The molecular weight excluding hydrogens is 240 g/mol. The van der Waals surface area contributed by atoms with Gasteiger partial charge in [-0.05, 0) is 18.1 Å². The van der Waals surface area contributed by atoms with Crippen molar-refractivity contribution in [1.82, 2.24) is 0 Å². The maximum atomic E-state index is 11.7. The van der Waals surface area contributed by atoms with Crippen molar-refractivity contribution in [2.45, 2.75) is 19.4 Å². The number of amides is 1. The lowest BCUT2D eigenvalue weighted by Crippen LogP contribution is -2.39. The van der Waals surface area contributed by atoms with Gasteiger partial charge < -0.3 is 15.8 Å². The Hall–Kier alpha value is -1.10. The number of benzene rings is 1. The standard InChI is InChI=1S/C12H18N2O2.ClH/c1-3-9-6-4-5-7-11(9)14-12(15)10(13)8-16-2;/h4-7,10H,3,8,13H2,1-2H3,(H,14,15);1H. The Morgan fingerprint density at radius 1 is 1.47 bits per heavy atom. The second-order valence-corrected chi connectivity index (χ2v) is 3.56. The van der Waals surface area contributed by atoms with Crippen LogP contribution in [0.4, 0.5) is 5.69 Å². The largest absolute Gasteiger partial charge is 0.383 e. The Bertz CT molecular complexity index is 358. The number of nitrogens with two attached hydrogens (primary N) is 1. The molecule has 96 valence electrons. The van der Waals surface area contributed by atoms with Gasteiger partial charge in [-0.3, -0.25) is 4.79 Å². The molecule has 0 saturated carbocycles. The molecule has 1 aromatic rings. The van der Waals surface area contributed by atoms with Crippen LogP contribution in [0, 0.1) is 0 Å². The van der Waals surface area contributed by atoms with Gasteiger partial charge in [-0.1, -0.05) is 25.1 Å². The van der Waals surface area contributed by atoms with Crippen LogP contribution in [-0.2, 0) is 16.0 Å². The van der Waals surface area contributed by atoms with E-state index in [9.17, 15) is 4.79 Å². The molecule has 1 atom stereocenters. The maximum Gasteiger partial charge on any atom is 0.243 e. The number of para-hydroxylation sites is 1. The van der Waals surface area contributed by atoms with Crippen molar-refractivity contribution in [2.24, 2.45) is 5.73 Å². The highest BCUT2D eigenvalue weighted by atomic mass is 35.5. The summed E-state index contributed by atoms with van der Waals surface area (Å²) in [5.74, 6) is -0.220. The topological polar surface area (TPSA) is 64.4 Å². The van der Waals surface area contributed by atoms with E-state index in [0.717, 1.165) is 17.7 Å². The minimum Gasteiger partial charge on any atom is -0.383 e. The molecule has 0 spiro atoms. The Kier molecular flexibility index (Phi) is 7.54. The molecule has 17 heavy (non-hydrogen) atoms. The molecule has 0 saturated heterocycles. The average Bonchev–Trinajstić information content (AvgIpc) is 2.30. The smallest absolute Gasteiger partial charge is 0.243 e. The third-order valence-corrected chi connectivity index (χ3v) is 2.34. The molecule has 4 nitrogen and oxygen atoms in total. The molecule has 0 radical (unpaired) electrons. The lowest BCUT2D eigenvalue weighted by atomic mass is 10.1. The number of hydrogen-bond donors (Lipinski definition) is 2. The molecule has 0 aromatic heterocycles. The zero-order valence-electron chi connectivity index (χ0n) is 10.1. The van der Waals surface area contributed by atoms with Crippen molar-refractivity contribution < 1.29 is 9.53 Å². The van der Waals surface area contributed by atoms with Gasteiger partial charge in [0.2, 0.25) is 5.91 Å². The van der Waals surface area contributed by atoms with Crippen LogP contribution in [0.5, 0.6) is 0 Å². The number of methoxy groups -OCH3 is 1. The molecule has 1 rings (SSSR count). The average molecular weight is 259 g/mol. The third-order valence-electron chi connectivity index (χ3n) is 2.34. The molecule has 1 amide bonds. The van der Waals surface area contributed by atoms with Crippen LogP contribution in [0.3, 0.4) is 0 Å². The van der Waals surface area contributed by atoms with E-state index >= 15 is 0 Å². The maximum absolute atomic E-state index is 11.7. The zero-order chi connectivity index (χ0) is 12.0. The van der Waals surface area contributed by atoms with Crippen LogP contribution in [0.15, 0.2) is 24.3 Å². The summed E-state index contributed by atoms with van der Waals surface area (Å²) in [5, 5.41) is 2.80. The van der Waals surface area contributed by atoms with Crippen molar-refractivity contribution in [3.8, 4) is 0 Å². The highest BCUT2D eigenvalue weighted by Crippen LogP contribution is 2.15. The van der Waals surface area contributed by atoms with Gasteiger partial charge in [0.15, 0.2) is 0 Å². The predicted octanol–water partition coefficient (Wildman–Crippen LogP) is 1.58. The van der Waals surface area contributed by atoms with E-state index in [4.69, 9.17) is 10.5 Å². The zero-order valence-corrected chi connectivity index (χ0v) is 10.9. The first-order chi connectivity index (χ1) is 7.69. The Morgan fingerprint density at radius 2 is 2.12 bits per heavy atom. The normalized spacial score (nSPS) is 11.5. The van der Waals surface area contributed by atoms with Gasteiger partial charge in [0.1, 0.15) is 6.04 Å². The first kappa shape index (κ1) is 15.9. The monoisotopic (exact) mass is 258 g/mol. The minimum atomic E-state index is -0.630. The predicted molar refractivity (Wildman–Crippen MR) is 71.5 cm³/mol. The van der Waals surface area contributed by atoms with E-state index in [1.165, 1.54) is 7.11 Å². The van der Waals surface area contributed by atoms with Crippen LogP contribution >= 0.6 is 12.4 Å². The summed E-state index contributed by atoms with van der Waals surface area (Å²) in [6, 6.07) is 7.06. The number of aryl methyl sites for hydroxylation is 1. The van der Waals surface area contributed by atoms with E-state index < -0.39 is 6.04 Å². The van der Waals surface area contributed by atoms with Crippen molar-refractivity contribution in [2.75, 3.05) is 19.0 Å². The number of ether oxygens (including phenoxy) is 1. The molecule has 0 aliphatic carbocycles. The minimum absolute atomic E-state index is 0. The molecule has 1 unspecified atom stereocenters. The number of carbonyl (C=O) groups is 1. The summed E-state index contributed by atoms with van der Waals surface area (Å²) in [5.41, 5.74) is 7.55. The number of hydrogen-bond acceptors (Lipinski definition) is 3.